The van der Waals surface area contributed by atoms with Gasteiger partial charge in [-0.15, -0.1) is 0 Å². The SMILES string of the molecule is CC(C)C1Cn2nc(-c3ccccc3)cc2CN1Cc1ccccc1. The van der Waals surface area contributed by atoms with Crippen LogP contribution in [0.5, 0.6) is 0 Å². The van der Waals surface area contributed by atoms with E-state index in [1.807, 2.05) is 0 Å². The Morgan fingerprint density at radius 3 is 2.36 bits per heavy atom. The van der Waals surface area contributed by atoms with Crippen LogP contribution in [-0.4, -0.2) is 20.7 Å². The van der Waals surface area contributed by atoms with Gasteiger partial charge in [-0.3, -0.25) is 9.58 Å². The zero-order chi connectivity index (χ0) is 17.2. The van der Waals surface area contributed by atoms with E-state index >= 15 is 0 Å². The minimum Gasteiger partial charge on any atom is -0.288 e. The van der Waals surface area contributed by atoms with E-state index in [2.05, 4.69) is 90.2 Å². The highest BCUT2D eigenvalue weighted by Crippen LogP contribution is 2.27. The molecule has 25 heavy (non-hydrogen) atoms. The van der Waals surface area contributed by atoms with E-state index in [1.54, 1.807) is 0 Å². The van der Waals surface area contributed by atoms with Gasteiger partial charge in [-0.2, -0.15) is 5.10 Å². The molecule has 3 heteroatoms. The van der Waals surface area contributed by atoms with Crippen LogP contribution in [0, 0.1) is 5.92 Å². The fourth-order valence-electron chi connectivity index (χ4n) is 3.73. The third-order valence-electron chi connectivity index (χ3n) is 5.13. The molecular weight excluding hydrogens is 306 g/mol. The molecule has 1 aliphatic heterocycles. The molecule has 0 saturated heterocycles. The zero-order valence-electron chi connectivity index (χ0n) is 15.0. The Morgan fingerprint density at radius 1 is 1.00 bits per heavy atom. The number of nitrogens with zero attached hydrogens (tertiary/aromatic N) is 3. The monoisotopic (exact) mass is 331 g/mol. The summed E-state index contributed by atoms with van der Waals surface area (Å²) in [5, 5.41) is 4.89. The topological polar surface area (TPSA) is 21.1 Å². The van der Waals surface area contributed by atoms with E-state index < -0.39 is 0 Å². The van der Waals surface area contributed by atoms with Crippen LogP contribution in [0.1, 0.15) is 25.1 Å². The number of rotatable bonds is 4. The second kappa shape index (κ2) is 6.85. The van der Waals surface area contributed by atoms with Crippen LogP contribution in [0.2, 0.25) is 0 Å². The van der Waals surface area contributed by atoms with E-state index in [9.17, 15) is 0 Å². The molecule has 2 heterocycles. The molecule has 1 aromatic heterocycles. The molecule has 0 aliphatic carbocycles. The normalized spacial score (nSPS) is 17.6. The Morgan fingerprint density at radius 2 is 1.68 bits per heavy atom. The second-order valence-electron chi connectivity index (χ2n) is 7.27. The van der Waals surface area contributed by atoms with Crippen molar-refractivity contribution in [2.75, 3.05) is 0 Å². The molecule has 0 spiro atoms. The Bertz CT molecular complexity index is 821. The van der Waals surface area contributed by atoms with Gasteiger partial charge in [0.05, 0.1) is 17.9 Å². The molecule has 2 aromatic carbocycles. The summed E-state index contributed by atoms with van der Waals surface area (Å²) in [6.07, 6.45) is 0. The Hall–Kier alpha value is -2.39. The summed E-state index contributed by atoms with van der Waals surface area (Å²) in [7, 11) is 0. The lowest BCUT2D eigenvalue weighted by Gasteiger charge is -2.38. The lowest BCUT2D eigenvalue weighted by atomic mass is 9.99. The molecule has 0 saturated carbocycles. The fraction of sp³-hybridized carbons (Fsp3) is 0.318. The minimum absolute atomic E-state index is 0.510. The first-order valence-electron chi connectivity index (χ1n) is 9.11. The summed E-state index contributed by atoms with van der Waals surface area (Å²) >= 11 is 0. The predicted octanol–water partition coefficient (Wildman–Crippen LogP) is 4.59. The van der Waals surface area contributed by atoms with Crippen molar-refractivity contribution >= 4 is 0 Å². The number of benzene rings is 2. The molecule has 0 N–H and O–H groups in total. The van der Waals surface area contributed by atoms with E-state index in [0.717, 1.165) is 25.3 Å². The van der Waals surface area contributed by atoms with Crippen molar-refractivity contribution < 1.29 is 0 Å². The van der Waals surface area contributed by atoms with E-state index in [0.29, 0.717) is 12.0 Å². The second-order valence-corrected chi connectivity index (χ2v) is 7.27. The standard InChI is InChI=1S/C22H25N3/c1-17(2)22-16-25-20(13-21(23-25)19-11-7-4-8-12-19)15-24(22)14-18-9-5-3-6-10-18/h3-13,17,22H,14-16H2,1-2H3. The van der Waals surface area contributed by atoms with Crippen LogP contribution < -0.4 is 0 Å². The van der Waals surface area contributed by atoms with E-state index in [4.69, 9.17) is 5.10 Å². The van der Waals surface area contributed by atoms with E-state index in [1.165, 1.54) is 16.8 Å². The molecule has 0 bridgehead atoms. The number of fused-ring (bicyclic) bond motifs is 1. The Kier molecular flexibility index (Phi) is 4.41. The quantitative estimate of drug-likeness (QED) is 0.697. The molecule has 0 radical (unpaired) electrons. The lowest BCUT2D eigenvalue weighted by Crippen LogP contribution is -2.45. The molecule has 4 rings (SSSR count). The first kappa shape index (κ1) is 16.1. The molecule has 0 fully saturated rings. The van der Waals surface area contributed by atoms with Crippen molar-refractivity contribution in [3.8, 4) is 11.3 Å². The van der Waals surface area contributed by atoms with Crippen molar-refractivity contribution in [2.24, 2.45) is 5.92 Å². The summed E-state index contributed by atoms with van der Waals surface area (Å²) in [5.74, 6) is 0.598. The van der Waals surface area contributed by atoms with Crippen LogP contribution in [0.4, 0.5) is 0 Å². The third-order valence-corrected chi connectivity index (χ3v) is 5.13. The molecule has 3 nitrogen and oxygen atoms in total. The van der Waals surface area contributed by atoms with Gasteiger partial charge >= 0.3 is 0 Å². The van der Waals surface area contributed by atoms with Gasteiger partial charge in [0.25, 0.3) is 0 Å². The molecule has 1 aliphatic rings. The van der Waals surface area contributed by atoms with Crippen molar-refractivity contribution in [1.82, 2.24) is 14.7 Å². The van der Waals surface area contributed by atoms with Crippen LogP contribution >= 0.6 is 0 Å². The summed E-state index contributed by atoms with van der Waals surface area (Å²) < 4.78 is 2.22. The molecule has 0 amide bonds. The van der Waals surface area contributed by atoms with Gasteiger partial charge in [-0.05, 0) is 17.5 Å². The molecule has 3 aromatic rings. The maximum atomic E-state index is 4.89. The molecule has 1 atom stereocenters. The van der Waals surface area contributed by atoms with Gasteiger partial charge in [-0.25, -0.2) is 0 Å². The van der Waals surface area contributed by atoms with Crippen molar-refractivity contribution in [2.45, 2.75) is 39.5 Å². The first-order valence-corrected chi connectivity index (χ1v) is 9.11. The Balaban J connectivity index is 1.62. The maximum absolute atomic E-state index is 4.89. The summed E-state index contributed by atoms with van der Waals surface area (Å²) in [6.45, 7) is 7.55. The van der Waals surface area contributed by atoms with Crippen molar-refractivity contribution in [1.29, 1.82) is 0 Å². The van der Waals surface area contributed by atoms with Crippen molar-refractivity contribution in [3.05, 3.63) is 78.0 Å². The third kappa shape index (κ3) is 3.38. The fourth-order valence-corrected chi connectivity index (χ4v) is 3.73. The maximum Gasteiger partial charge on any atom is 0.0926 e. The summed E-state index contributed by atoms with van der Waals surface area (Å²) in [4.78, 5) is 2.60. The molecule has 1 unspecified atom stereocenters. The van der Waals surface area contributed by atoms with Crippen LogP contribution in [0.25, 0.3) is 11.3 Å². The van der Waals surface area contributed by atoms with Crippen molar-refractivity contribution in [3.63, 3.8) is 0 Å². The largest absolute Gasteiger partial charge is 0.288 e. The van der Waals surface area contributed by atoms with Gasteiger partial charge in [-0.1, -0.05) is 74.5 Å². The van der Waals surface area contributed by atoms with Gasteiger partial charge in [0, 0.05) is 24.7 Å². The summed E-state index contributed by atoms with van der Waals surface area (Å²) in [6, 6.07) is 24.0. The zero-order valence-corrected chi connectivity index (χ0v) is 15.0. The predicted molar refractivity (Wildman–Crippen MR) is 102 cm³/mol. The lowest BCUT2D eigenvalue weighted by molar-refractivity contribution is 0.0903. The molecule has 128 valence electrons. The first-order chi connectivity index (χ1) is 12.2. The molecular formula is C22H25N3. The summed E-state index contributed by atoms with van der Waals surface area (Å²) in [5.41, 5.74) is 4.97. The minimum atomic E-state index is 0.510. The van der Waals surface area contributed by atoms with Gasteiger partial charge < -0.3 is 0 Å². The van der Waals surface area contributed by atoms with Gasteiger partial charge in [0.1, 0.15) is 0 Å². The highest BCUT2D eigenvalue weighted by Gasteiger charge is 2.29. The number of hydrogen-bond donors (Lipinski definition) is 0. The smallest absolute Gasteiger partial charge is 0.0926 e. The van der Waals surface area contributed by atoms with Gasteiger partial charge in [0.2, 0.25) is 0 Å². The van der Waals surface area contributed by atoms with Crippen LogP contribution in [-0.2, 0) is 19.6 Å². The average Bonchev–Trinajstić information content (AvgIpc) is 3.05. The van der Waals surface area contributed by atoms with Crippen LogP contribution in [0.3, 0.4) is 0 Å². The van der Waals surface area contributed by atoms with Gasteiger partial charge in [0.15, 0.2) is 0 Å². The van der Waals surface area contributed by atoms with E-state index in [-0.39, 0.29) is 0 Å². The van der Waals surface area contributed by atoms with Crippen LogP contribution in [0.15, 0.2) is 66.7 Å². The number of aromatic nitrogens is 2. The Labute approximate surface area is 149 Å². The number of hydrogen-bond acceptors (Lipinski definition) is 2. The highest BCUT2D eigenvalue weighted by atomic mass is 15.4. The average molecular weight is 331 g/mol. The highest BCUT2D eigenvalue weighted by molar-refractivity contribution is 5.59.